The van der Waals surface area contributed by atoms with Gasteiger partial charge in [-0.05, 0) is 72.5 Å². The Morgan fingerprint density at radius 3 is 2.54 bits per heavy atom. The Morgan fingerprint density at radius 2 is 1.60 bits per heavy atom. The zero-order chi connectivity index (χ0) is 31.7. The van der Waals surface area contributed by atoms with Crippen LogP contribution in [-0.4, -0.2) is 10.1 Å². The van der Waals surface area contributed by atoms with Crippen molar-refractivity contribution in [3.8, 4) is 11.3 Å². The molecule has 2 atom stereocenters. The van der Waals surface area contributed by atoms with Gasteiger partial charge in [0.15, 0.2) is 6.20 Å². The summed E-state index contributed by atoms with van der Waals surface area (Å²) >= 11 is 0. The molecule has 226 valence electrons. The number of furan rings is 1. The lowest BCUT2D eigenvalue weighted by molar-refractivity contribution is -0.709. The molecule has 6 heterocycles. The summed E-state index contributed by atoms with van der Waals surface area (Å²) in [6.07, 6.45) is 5.98. The SMILES string of the molecule is C=C/C1=N/C(=C)C2C(CCc3cc4c(cc31)c1cccc3c5c6oc7ccccc7c6ccc5n4c13)c1ccccc1-c1cccc[n+]12. The van der Waals surface area contributed by atoms with Crippen molar-refractivity contribution in [3.63, 3.8) is 0 Å². The highest BCUT2D eigenvalue weighted by Crippen LogP contribution is 2.47. The summed E-state index contributed by atoms with van der Waals surface area (Å²) in [5.41, 5.74) is 13.6. The van der Waals surface area contributed by atoms with E-state index in [0.717, 1.165) is 51.8 Å². The van der Waals surface area contributed by atoms with Gasteiger partial charge >= 0.3 is 0 Å². The number of fused-ring (bicyclic) bond motifs is 17. The molecule has 4 heteroatoms. The molecule has 5 aromatic carbocycles. The maximum absolute atomic E-state index is 6.57. The molecule has 0 saturated carbocycles. The van der Waals surface area contributed by atoms with Crippen LogP contribution in [0.25, 0.3) is 71.3 Å². The number of aryl methyl sites for hydroxylation is 1. The summed E-state index contributed by atoms with van der Waals surface area (Å²) in [5.74, 6) is 0.236. The first kappa shape index (κ1) is 26.1. The predicted molar refractivity (Wildman–Crippen MR) is 196 cm³/mol. The van der Waals surface area contributed by atoms with E-state index in [2.05, 4.69) is 131 Å². The first-order valence-electron chi connectivity index (χ1n) is 16.7. The van der Waals surface area contributed by atoms with Crippen LogP contribution < -0.4 is 4.57 Å². The lowest BCUT2D eigenvalue weighted by atomic mass is 9.78. The highest BCUT2D eigenvalue weighted by Gasteiger charge is 2.42. The van der Waals surface area contributed by atoms with Gasteiger partial charge in [0.1, 0.15) is 16.9 Å². The summed E-state index contributed by atoms with van der Waals surface area (Å²) in [4.78, 5) is 5.29. The van der Waals surface area contributed by atoms with E-state index in [-0.39, 0.29) is 12.0 Å². The third-order valence-corrected chi connectivity index (χ3v) is 11.1. The first-order chi connectivity index (χ1) is 23.7. The predicted octanol–water partition coefficient (Wildman–Crippen LogP) is 10.5. The quantitative estimate of drug-likeness (QED) is 0.169. The van der Waals surface area contributed by atoms with Crippen molar-refractivity contribution in [2.45, 2.75) is 24.8 Å². The minimum absolute atomic E-state index is 0.0205. The smallest absolute Gasteiger partial charge is 0.213 e. The molecular weight excluding hydrogens is 587 g/mol. The Hall–Kier alpha value is -6.00. The molecule has 0 N–H and O–H groups in total. The minimum Gasteiger partial charge on any atom is -0.455 e. The molecule has 11 rings (SSSR count). The fourth-order valence-electron chi connectivity index (χ4n) is 9.08. The fraction of sp³-hybridized carbons (Fsp3) is 0.0909. The van der Waals surface area contributed by atoms with Gasteiger partial charge < -0.3 is 8.82 Å². The normalized spacial score (nSPS) is 18.8. The van der Waals surface area contributed by atoms with Gasteiger partial charge in [0, 0.05) is 50.2 Å². The molecule has 2 aliphatic heterocycles. The zero-order valence-electron chi connectivity index (χ0n) is 26.3. The molecule has 9 aromatic rings. The first-order valence-corrected chi connectivity index (χ1v) is 16.7. The fourth-order valence-corrected chi connectivity index (χ4v) is 9.08. The Labute approximate surface area is 276 Å². The summed E-state index contributed by atoms with van der Waals surface area (Å²) in [5, 5.41) is 7.17. The van der Waals surface area contributed by atoms with E-state index < -0.39 is 0 Å². The van der Waals surface area contributed by atoms with Crippen molar-refractivity contribution in [3.05, 3.63) is 157 Å². The van der Waals surface area contributed by atoms with Crippen LogP contribution in [0.2, 0.25) is 0 Å². The third kappa shape index (κ3) is 3.24. The summed E-state index contributed by atoms with van der Waals surface area (Å²) < 4.78 is 11.4. The zero-order valence-corrected chi connectivity index (χ0v) is 26.3. The largest absolute Gasteiger partial charge is 0.455 e. The monoisotopic (exact) mass is 616 g/mol. The van der Waals surface area contributed by atoms with Gasteiger partial charge in [-0.1, -0.05) is 67.8 Å². The molecule has 2 aliphatic rings. The lowest BCUT2D eigenvalue weighted by Gasteiger charge is -2.30. The Bertz CT molecular complexity index is 2900. The van der Waals surface area contributed by atoms with Crippen molar-refractivity contribution in [2.75, 3.05) is 0 Å². The van der Waals surface area contributed by atoms with Crippen LogP contribution in [0.15, 0.2) is 150 Å². The average molecular weight is 617 g/mol. The van der Waals surface area contributed by atoms with E-state index in [1.807, 2.05) is 12.1 Å². The second kappa shape index (κ2) is 9.30. The maximum Gasteiger partial charge on any atom is 0.213 e. The molecule has 0 saturated heterocycles. The second-order valence-corrected chi connectivity index (χ2v) is 13.4. The summed E-state index contributed by atoms with van der Waals surface area (Å²) in [7, 11) is 0. The average Bonchev–Trinajstić information content (AvgIpc) is 3.79. The molecule has 0 radical (unpaired) electrons. The minimum atomic E-state index is 0.0205. The van der Waals surface area contributed by atoms with Gasteiger partial charge in [0.25, 0.3) is 0 Å². The van der Waals surface area contributed by atoms with Crippen LogP contribution in [0.1, 0.15) is 35.1 Å². The van der Waals surface area contributed by atoms with Crippen LogP contribution in [0.5, 0.6) is 0 Å². The van der Waals surface area contributed by atoms with E-state index in [0.29, 0.717) is 0 Å². The highest BCUT2D eigenvalue weighted by molar-refractivity contribution is 6.30. The van der Waals surface area contributed by atoms with Crippen LogP contribution in [0.4, 0.5) is 0 Å². The number of benzene rings is 5. The van der Waals surface area contributed by atoms with Gasteiger partial charge in [-0.25, -0.2) is 4.99 Å². The van der Waals surface area contributed by atoms with Crippen LogP contribution >= 0.6 is 0 Å². The Kier molecular flexibility index (Phi) is 5.06. The molecule has 0 spiro atoms. The number of hydrogen-bond donors (Lipinski definition) is 0. The van der Waals surface area contributed by atoms with E-state index in [4.69, 9.17) is 9.41 Å². The molecule has 0 aliphatic carbocycles. The molecule has 4 nitrogen and oxygen atoms in total. The summed E-state index contributed by atoms with van der Waals surface area (Å²) in [6.45, 7) is 8.88. The molecule has 0 amide bonds. The molecule has 2 unspecified atom stereocenters. The van der Waals surface area contributed by atoms with Crippen LogP contribution in [0, 0.1) is 0 Å². The third-order valence-electron chi connectivity index (χ3n) is 11.1. The van der Waals surface area contributed by atoms with Crippen molar-refractivity contribution in [1.29, 1.82) is 0 Å². The van der Waals surface area contributed by atoms with Gasteiger partial charge in [0.05, 0.1) is 33.6 Å². The van der Waals surface area contributed by atoms with Gasteiger partial charge in [-0.15, -0.1) is 0 Å². The summed E-state index contributed by atoms with van der Waals surface area (Å²) in [6, 6.07) is 39.6. The number of pyridine rings is 1. The number of rotatable bonds is 1. The van der Waals surface area contributed by atoms with Crippen molar-refractivity contribution >= 4 is 65.7 Å². The van der Waals surface area contributed by atoms with E-state index in [9.17, 15) is 0 Å². The Balaban J connectivity index is 1.18. The van der Waals surface area contributed by atoms with Crippen LogP contribution in [0.3, 0.4) is 0 Å². The van der Waals surface area contributed by atoms with Gasteiger partial charge in [-0.3, -0.25) is 0 Å². The second-order valence-electron chi connectivity index (χ2n) is 13.4. The molecule has 4 aromatic heterocycles. The van der Waals surface area contributed by atoms with E-state index >= 15 is 0 Å². The van der Waals surface area contributed by atoms with Crippen molar-refractivity contribution in [1.82, 2.24) is 4.40 Å². The van der Waals surface area contributed by atoms with Gasteiger partial charge in [0.2, 0.25) is 11.7 Å². The van der Waals surface area contributed by atoms with Gasteiger partial charge in [-0.2, -0.15) is 4.57 Å². The highest BCUT2D eigenvalue weighted by atomic mass is 16.3. The number of aromatic nitrogens is 2. The van der Waals surface area contributed by atoms with E-state index in [1.165, 1.54) is 60.5 Å². The molecule has 48 heavy (non-hydrogen) atoms. The number of hydrogen-bond acceptors (Lipinski definition) is 2. The van der Waals surface area contributed by atoms with Crippen molar-refractivity contribution < 1.29 is 8.98 Å². The van der Waals surface area contributed by atoms with Crippen molar-refractivity contribution in [2.24, 2.45) is 4.99 Å². The van der Waals surface area contributed by atoms with E-state index in [1.54, 1.807) is 0 Å². The number of nitrogens with zero attached hydrogens (tertiary/aromatic N) is 3. The number of allylic oxidation sites excluding steroid dienone is 2. The maximum atomic E-state index is 6.57. The number of aliphatic imine (C=N–C) groups is 1. The Morgan fingerprint density at radius 1 is 0.771 bits per heavy atom. The lowest BCUT2D eigenvalue weighted by Crippen LogP contribution is -2.48. The standard InChI is InChI=1S/C44H30N3O/c1-3-36-34-24-35-30-14-10-15-33-41-38(21-20-32-29-13-6-7-17-40(29)48-44(32)41)47(43(30)33)39(35)23-26(34)18-19-31-27-11-4-5-12-28(27)37-16-8-9-22-46(37)42(31)25(2)45-36/h3-17,20-24,31,42H,1-2,18-19H2/q+1/b45-36-. The molecule has 0 bridgehead atoms. The molecular formula is C44H30N3O+. The molecule has 0 fully saturated rings. The number of para-hydroxylation sites is 2. The topological polar surface area (TPSA) is 33.8 Å². The van der Waals surface area contributed by atoms with Crippen LogP contribution in [-0.2, 0) is 6.42 Å².